The molecule has 0 aliphatic carbocycles. The molecule has 0 radical (unpaired) electrons. The topological polar surface area (TPSA) is 56.2 Å². The van der Waals surface area contributed by atoms with Gasteiger partial charge < -0.3 is 10.1 Å². The summed E-state index contributed by atoms with van der Waals surface area (Å²) in [5.41, 5.74) is 2.05. The maximum Gasteiger partial charge on any atom is 0.407 e. The van der Waals surface area contributed by atoms with Crippen LogP contribution in [0.4, 0.5) is 4.79 Å². The largest absolute Gasteiger partial charge is 0.445 e. The zero-order valence-corrected chi connectivity index (χ0v) is 13.4. The van der Waals surface area contributed by atoms with Gasteiger partial charge in [0, 0.05) is 24.8 Å². The Kier molecular flexibility index (Phi) is 6.91. The molecule has 0 saturated carbocycles. The smallest absolute Gasteiger partial charge is 0.407 e. The number of amides is 1. The zero-order valence-electron chi connectivity index (χ0n) is 13.4. The fourth-order valence-electron chi connectivity index (χ4n) is 2.07. The van der Waals surface area contributed by atoms with Crippen molar-refractivity contribution in [3.63, 3.8) is 0 Å². The van der Waals surface area contributed by atoms with Crippen LogP contribution >= 0.6 is 0 Å². The first-order valence-corrected chi connectivity index (χ1v) is 7.91. The molecule has 0 unspecified atom stereocenters. The standard InChI is InChI=1S/C18H23N3O2/c1-2-12-21-14-17(13-20-21)10-6-7-11-19-18(22)23-15-16-8-4-3-5-9-16/h3-6,8-10,13-14H,2,7,11-12,15H2,1H3,(H,19,22). The first-order valence-electron chi connectivity index (χ1n) is 7.91. The van der Waals surface area contributed by atoms with Gasteiger partial charge in [-0.1, -0.05) is 49.4 Å². The van der Waals surface area contributed by atoms with E-state index < -0.39 is 6.09 Å². The van der Waals surface area contributed by atoms with Crippen LogP contribution in [0.15, 0.2) is 48.8 Å². The SMILES string of the molecule is CCCn1cc(C=CCCNC(=O)OCc2ccccc2)cn1. The van der Waals surface area contributed by atoms with Crippen molar-refractivity contribution < 1.29 is 9.53 Å². The molecule has 1 heterocycles. The minimum atomic E-state index is -0.391. The zero-order chi connectivity index (χ0) is 16.3. The Labute approximate surface area is 137 Å². The van der Waals surface area contributed by atoms with Gasteiger partial charge in [-0.3, -0.25) is 4.68 Å². The Balaban J connectivity index is 1.60. The molecule has 0 aliphatic heterocycles. The third kappa shape index (κ3) is 6.38. The predicted octanol–water partition coefficient (Wildman–Crippen LogP) is 3.62. The lowest BCUT2D eigenvalue weighted by Crippen LogP contribution is -2.24. The summed E-state index contributed by atoms with van der Waals surface area (Å²) in [6.45, 7) is 3.90. The number of carbonyl (C=O) groups excluding carboxylic acids is 1. The van der Waals surface area contributed by atoms with Crippen LogP contribution in [0.3, 0.4) is 0 Å². The number of nitrogens with zero attached hydrogens (tertiary/aromatic N) is 2. The second kappa shape index (κ2) is 9.46. The molecule has 5 nitrogen and oxygen atoms in total. The Morgan fingerprint density at radius 1 is 1.35 bits per heavy atom. The average molecular weight is 313 g/mol. The number of aryl methyl sites for hydroxylation is 1. The lowest BCUT2D eigenvalue weighted by atomic mass is 10.2. The molecule has 1 N–H and O–H groups in total. The van der Waals surface area contributed by atoms with Gasteiger partial charge in [0.25, 0.3) is 0 Å². The Hall–Kier alpha value is -2.56. The van der Waals surface area contributed by atoms with Gasteiger partial charge in [-0.2, -0.15) is 5.10 Å². The molecular formula is C18H23N3O2. The van der Waals surface area contributed by atoms with E-state index in [0.29, 0.717) is 13.2 Å². The number of rotatable bonds is 8. The maximum atomic E-state index is 11.6. The van der Waals surface area contributed by atoms with E-state index in [4.69, 9.17) is 4.74 Å². The third-order valence-corrected chi connectivity index (χ3v) is 3.21. The van der Waals surface area contributed by atoms with Crippen molar-refractivity contribution >= 4 is 12.2 Å². The van der Waals surface area contributed by atoms with Gasteiger partial charge in [-0.15, -0.1) is 0 Å². The summed E-state index contributed by atoms with van der Waals surface area (Å²) in [5, 5.41) is 6.99. The molecule has 5 heteroatoms. The second-order valence-corrected chi connectivity index (χ2v) is 5.22. The summed E-state index contributed by atoms with van der Waals surface area (Å²) in [4.78, 5) is 11.6. The van der Waals surface area contributed by atoms with Gasteiger partial charge in [0.1, 0.15) is 6.61 Å². The van der Waals surface area contributed by atoms with Gasteiger partial charge >= 0.3 is 6.09 Å². The minimum absolute atomic E-state index is 0.291. The molecule has 0 bridgehead atoms. The molecule has 1 aromatic heterocycles. The van der Waals surface area contributed by atoms with Gasteiger partial charge in [0.2, 0.25) is 0 Å². The summed E-state index contributed by atoms with van der Waals surface area (Å²) in [7, 11) is 0. The van der Waals surface area contributed by atoms with Gasteiger partial charge in [-0.05, 0) is 18.4 Å². The summed E-state index contributed by atoms with van der Waals surface area (Å²) in [6.07, 6.45) is 9.31. The van der Waals surface area contributed by atoms with E-state index in [2.05, 4.69) is 17.3 Å². The van der Waals surface area contributed by atoms with Gasteiger partial charge in [0.15, 0.2) is 0 Å². The first kappa shape index (κ1) is 16.8. The molecule has 0 spiro atoms. The van der Waals surface area contributed by atoms with E-state index >= 15 is 0 Å². The van der Waals surface area contributed by atoms with Gasteiger partial charge in [-0.25, -0.2) is 4.79 Å². The molecular weight excluding hydrogens is 290 g/mol. The van der Waals surface area contributed by atoms with E-state index in [9.17, 15) is 4.79 Å². The molecule has 0 fully saturated rings. The number of ether oxygens (including phenoxy) is 1. The predicted molar refractivity (Wildman–Crippen MR) is 90.8 cm³/mol. The second-order valence-electron chi connectivity index (χ2n) is 5.22. The van der Waals surface area contributed by atoms with Crippen LogP contribution in [0.2, 0.25) is 0 Å². The Morgan fingerprint density at radius 2 is 2.17 bits per heavy atom. The fraction of sp³-hybridized carbons (Fsp3) is 0.333. The van der Waals surface area contributed by atoms with E-state index in [1.54, 1.807) is 0 Å². The Bertz CT molecular complexity index is 620. The van der Waals surface area contributed by atoms with Crippen molar-refractivity contribution in [1.82, 2.24) is 15.1 Å². The first-order chi connectivity index (χ1) is 11.3. The highest BCUT2D eigenvalue weighted by Crippen LogP contribution is 2.03. The Morgan fingerprint density at radius 3 is 2.96 bits per heavy atom. The van der Waals surface area contributed by atoms with Crippen molar-refractivity contribution in [3.05, 3.63) is 59.9 Å². The molecule has 0 atom stereocenters. The molecule has 0 aliphatic rings. The van der Waals surface area contributed by atoms with Crippen LogP contribution in [0, 0.1) is 0 Å². The van der Waals surface area contributed by atoms with Gasteiger partial charge in [0.05, 0.1) is 6.20 Å². The molecule has 23 heavy (non-hydrogen) atoms. The monoisotopic (exact) mass is 313 g/mol. The number of benzene rings is 1. The van der Waals surface area contributed by atoms with E-state index in [0.717, 1.165) is 30.5 Å². The van der Waals surface area contributed by atoms with Crippen LogP contribution in [0.25, 0.3) is 6.08 Å². The van der Waals surface area contributed by atoms with E-state index in [-0.39, 0.29) is 0 Å². The lowest BCUT2D eigenvalue weighted by molar-refractivity contribution is 0.140. The molecule has 0 saturated heterocycles. The van der Waals surface area contributed by atoms with Crippen molar-refractivity contribution in [2.24, 2.45) is 0 Å². The number of hydrogen-bond donors (Lipinski definition) is 1. The highest BCUT2D eigenvalue weighted by atomic mass is 16.5. The number of hydrogen-bond acceptors (Lipinski definition) is 3. The van der Waals surface area contributed by atoms with Crippen LogP contribution in [0.1, 0.15) is 30.9 Å². The number of nitrogens with one attached hydrogen (secondary N) is 1. The summed E-state index contributed by atoms with van der Waals surface area (Å²) in [6, 6.07) is 9.62. The summed E-state index contributed by atoms with van der Waals surface area (Å²) in [5.74, 6) is 0. The highest BCUT2D eigenvalue weighted by Gasteiger charge is 2.00. The summed E-state index contributed by atoms with van der Waals surface area (Å²) < 4.78 is 7.07. The number of aromatic nitrogens is 2. The molecule has 1 aromatic carbocycles. The average Bonchev–Trinajstić information content (AvgIpc) is 3.01. The molecule has 122 valence electrons. The summed E-state index contributed by atoms with van der Waals surface area (Å²) >= 11 is 0. The molecule has 1 amide bonds. The van der Waals surface area contributed by atoms with Crippen LogP contribution in [-0.2, 0) is 17.9 Å². The van der Waals surface area contributed by atoms with Crippen LogP contribution in [0.5, 0.6) is 0 Å². The van der Waals surface area contributed by atoms with Crippen molar-refractivity contribution in [3.8, 4) is 0 Å². The molecule has 2 rings (SSSR count). The minimum Gasteiger partial charge on any atom is -0.445 e. The maximum absolute atomic E-state index is 11.6. The molecule has 2 aromatic rings. The van der Waals surface area contributed by atoms with E-state index in [1.165, 1.54) is 0 Å². The number of carbonyl (C=O) groups is 1. The van der Waals surface area contributed by atoms with Crippen molar-refractivity contribution in [2.45, 2.75) is 32.9 Å². The highest BCUT2D eigenvalue weighted by molar-refractivity contribution is 5.67. The lowest BCUT2D eigenvalue weighted by Gasteiger charge is -2.05. The normalized spacial score (nSPS) is 10.8. The van der Waals surface area contributed by atoms with Crippen LogP contribution < -0.4 is 5.32 Å². The third-order valence-electron chi connectivity index (χ3n) is 3.21. The van der Waals surface area contributed by atoms with Crippen molar-refractivity contribution in [1.29, 1.82) is 0 Å². The number of alkyl carbamates (subject to hydrolysis) is 1. The quantitative estimate of drug-likeness (QED) is 0.757. The van der Waals surface area contributed by atoms with Crippen molar-refractivity contribution in [2.75, 3.05) is 6.54 Å². The van der Waals surface area contributed by atoms with Crippen LogP contribution in [-0.4, -0.2) is 22.4 Å². The van der Waals surface area contributed by atoms with E-state index in [1.807, 2.05) is 59.6 Å². The fourth-order valence-corrected chi connectivity index (χ4v) is 2.07.